The van der Waals surface area contributed by atoms with E-state index < -0.39 is 0 Å². The molecular formula is C14H16BrN3O. The van der Waals surface area contributed by atoms with Crippen LogP contribution in [-0.4, -0.2) is 27.2 Å². The standard InChI is InChI=1S/C14H16BrN3O/c1-10(4-3-7-15)18-14(19)11-5-2-6-12-13(11)17-9-8-16-12/h2,5-6,8-10H,3-4,7H2,1H3,(H,18,19). The van der Waals surface area contributed by atoms with Gasteiger partial charge in [0.2, 0.25) is 0 Å². The van der Waals surface area contributed by atoms with E-state index in [1.165, 1.54) is 0 Å². The third-order valence-corrected chi connectivity index (χ3v) is 3.45. The van der Waals surface area contributed by atoms with E-state index >= 15 is 0 Å². The van der Waals surface area contributed by atoms with Gasteiger partial charge in [-0.15, -0.1) is 0 Å². The molecule has 0 aliphatic heterocycles. The van der Waals surface area contributed by atoms with Crippen molar-refractivity contribution in [3.05, 3.63) is 36.2 Å². The van der Waals surface area contributed by atoms with Crippen molar-refractivity contribution in [2.75, 3.05) is 5.33 Å². The molecule has 4 nitrogen and oxygen atoms in total. The van der Waals surface area contributed by atoms with Crippen molar-refractivity contribution in [3.8, 4) is 0 Å². The van der Waals surface area contributed by atoms with Crippen LogP contribution in [0.2, 0.25) is 0 Å². The van der Waals surface area contributed by atoms with Crippen LogP contribution < -0.4 is 5.32 Å². The zero-order chi connectivity index (χ0) is 13.7. The fraction of sp³-hybridized carbons (Fsp3) is 0.357. The van der Waals surface area contributed by atoms with Crippen LogP contribution in [0, 0.1) is 0 Å². The highest BCUT2D eigenvalue weighted by atomic mass is 79.9. The van der Waals surface area contributed by atoms with Crippen LogP contribution in [0.15, 0.2) is 30.6 Å². The van der Waals surface area contributed by atoms with Gasteiger partial charge in [-0.1, -0.05) is 22.0 Å². The molecule has 1 unspecified atom stereocenters. The van der Waals surface area contributed by atoms with Crippen molar-refractivity contribution in [1.29, 1.82) is 0 Å². The first-order chi connectivity index (χ1) is 9.22. The van der Waals surface area contributed by atoms with E-state index in [-0.39, 0.29) is 11.9 Å². The van der Waals surface area contributed by atoms with Crippen LogP contribution in [0.1, 0.15) is 30.1 Å². The Hall–Kier alpha value is -1.49. The molecule has 0 saturated carbocycles. The number of para-hydroxylation sites is 1. The molecule has 1 N–H and O–H groups in total. The second-order valence-electron chi connectivity index (χ2n) is 4.44. The van der Waals surface area contributed by atoms with Crippen molar-refractivity contribution in [1.82, 2.24) is 15.3 Å². The number of aromatic nitrogens is 2. The molecule has 0 bridgehead atoms. The maximum Gasteiger partial charge on any atom is 0.253 e. The predicted octanol–water partition coefficient (Wildman–Crippen LogP) is 2.92. The van der Waals surface area contributed by atoms with Gasteiger partial charge in [-0.3, -0.25) is 14.8 Å². The maximum absolute atomic E-state index is 12.2. The smallest absolute Gasteiger partial charge is 0.253 e. The SMILES string of the molecule is CC(CCCBr)NC(=O)c1cccc2nccnc12. The Morgan fingerprint density at radius 1 is 1.37 bits per heavy atom. The normalized spacial score (nSPS) is 12.3. The number of halogens is 1. The van der Waals surface area contributed by atoms with Crippen molar-refractivity contribution in [2.45, 2.75) is 25.8 Å². The minimum absolute atomic E-state index is 0.0897. The molecule has 0 saturated heterocycles. The molecule has 0 aliphatic carbocycles. The highest BCUT2D eigenvalue weighted by Crippen LogP contribution is 2.14. The molecule has 5 heteroatoms. The molecule has 19 heavy (non-hydrogen) atoms. The quantitative estimate of drug-likeness (QED) is 0.861. The van der Waals surface area contributed by atoms with Crippen LogP contribution in [0.4, 0.5) is 0 Å². The third-order valence-electron chi connectivity index (χ3n) is 2.89. The molecule has 100 valence electrons. The lowest BCUT2D eigenvalue weighted by molar-refractivity contribution is 0.0940. The maximum atomic E-state index is 12.2. The van der Waals surface area contributed by atoms with E-state index in [0.29, 0.717) is 11.1 Å². The lowest BCUT2D eigenvalue weighted by atomic mass is 10.1. The van der Waals surface area contributed by atoms with Gasteiger partial charge in [0.15, 0.2) is 0 Å². The lowest BCUT2D eigenvalue weighted by Gasteiger charge is -2.13. The fourth-order valence-corrected chi connectivity index (χ4v) is 2.26. The Morgan fingerprint density at radius 3 is 2.95 bits per heavy atom. The van der Waals surface area contributed by atoms with E-state index in [2.05, 4.69) is 31.2 Å². The van der Waals surface area contributed by atoms with Gasteiger partial charge in [0.05, 0.1) is 11.1 Å². The average molecular weight is 322 g/mol. The number of hydrogen-bond acceptors (Lipinski definition) is 3. The number of benzene rings is 1. The fourth-order valence-electron chi connectivity index (χ4n) is 1.93. The largest absolute Gasteiger partial charge is 0.350 e. The Morgan fingerprint density at radius 2 is 2.16 bits per heavy atom. The van der Waals surface area contributed by atoms with Crippen LogP contribution >= 0.6 is 15.9 Å². The summed E-state index contributed by atoms with van der Waals surface area (Å²) in [4.78, 5) is 20.7. The van der Waals surface area contributed by atoms with E-state index in [0.717, 1.165) is 23.7 Å². The molecular weight excluding hydrogens is 306 g/mol. The molecule has 0 fully saturated rings. The third kappa shape index (κ3) is 3.50. The van der Waals surface area contributed by atoms with E-state index in [1.54, 1.807) is 18.5 Å². The molecule has 1 amide bonds. The first-order valence-electron chi connectivity index (χ1n) is 6.29. The Bertz CT molecular complexity index is 568. The van der Waals surface area contributed by atoms with Crippen molar-refractivity contribution in [2.24, 2.45) is 0 Å². The van der Waals surface area contributed by atoms with Gasteiger partial charge in [-0.05, 0) is 31.9 Å². The number of fused-ring (bicyclic) bond motifs is 1. The number of carbonyl (C=O) groups excluding carboxylic acids is 1. The molecule has 1 atom stereocenters. The van der Waals surface area contributed by atoms with Crippen molar-refractivity contribution < 1.29 is 4.79 Å². The summed E-state index contributed by atoms with van der Waals surface area (Å²) in [7, 11) is 0. The zero-order valence-corrected chi connectivity index (χ0v) is 12.4. The molecule has 1 aromatic heterocycles. The number of hydrogen-bond donors (Lipinski definition) is 1. The van der Waals surface area contributed by atoms with Gasteiger partial charge in [0.25, 0.3) is 5.91 Å². The number of amides is 1. The zero-order valence-electron chi connectivity index (χ0n) is 10.8. The monoisotopic (exact) mass is 321 g/mol. The van der Waals surface area contributed by atoms with E-state index in [1.807, 2.05) is 19.1 Å². The van der Waals surface area contributed by atoms with E-state index in [9.17, 15) is 4.79 Å². The molecule has 0 spiro atoms. The lowest BCUT2D eigenvalue weighted by Crippen LogP contribution is -2.32. The molecule has 2 rings (SSSR count). The predicted molar refractivity (Wildman–Crippen MR) is 79.5 cm³/mol. The topological polar surface area (TPSA) is 54.9 Å². The van der Waals surface area contributed by atoms with Crippen LogP contribution in [0.3, 0.4) is 0 Å². The van der Waals surface area contributed by atoms with Gasteiger partial charge in [-0.2, -0.15) is 0 Å². The van der Waals surface area contributed by atoms with Crippen molar-refractivity contribution in [3.63, 3.8) is 0 Å². The van der Waals surface area contributed by atoms with Gasteiger partial charge in [-0.25, -0.2) is 0 Å². The van der Waals surface area contributed by atoms with E-state index in [4.69, 9.17) is 0 Å². The van der Waals surface area contributed by atoms with Crippen LogP contribution in [-0.2, 0) is 0 Å². The Kier molecular flexibility index (Phi) is 4.85. The van der Waals surface area contributed by atoms with Crippen LogP contribution in [0.5, 0.6) is 0 Å². The summed E-state index contributed by atoms with van der Waals surface area (Å²) in [6, 6.07) is 5.61. The van der Waals surface area contributed by atoms with Gasteiger partial charge in [0.1, 0.15) is 5.52 Å². The van der Waals surface area contributed by atoms with Gasteiger partial charge < -0.3 is 5.32 Å². The molecule has 0 aliphatic rings. The summed E-state index contributed by atoms with van der Waals surface area (Å²) in [5, 5.41) is 3.95. The number of nitrogens with one attached hydrogen (secondary N) is 1. The summed E-state index contributed by atoms with van der Waals surface area (Å²) in [6.07, 6.45) is 5.22. The minimum atomic E-state index is -0.0897. The number of rotatable bonds is 5. The summed E-state index contributed by atoms with van der Waals surface area (Å²) in [5.41, 5.74) is 1.97. The Labute approximate surface area is 120 Å². The number of alkyl halides is 1. The first kappa shape index (κ1) is 13.9. The second kappa shape index (κ2) is 6.61. The van der Waals surface area contributed by atoms with Crippen LogP contribution in [0.25, 0.3) is 11.0 Å². The molecule has 1 aromatic carbocycles. The second-order valence-corrected chi connectivity index (χ2v) is 5.23. The summed E-state index contributed by atoms with van der Waals surface area (Å²) in [6.45, 7) is 2.01. The molecule has 2 aromatic rings. The number of nitrogens with zero attached hydrogens (tertiary/aromatic N) is 2. The van der Waals surface area contributed by atoms with Gasteiger partial charge >= 0.3 is 0 Å². The number of carbonyl (C=O) groups is 1. The highest BCUT2D eigenvalue weighted by Gasteiger charge is 2.13. The minimum Gasteiger partial charge on any atom is -0.350 e. The first-order valence-corrected chi connectivity index (χ1v) is 7.41. The summed E-state index contributed by atoms with van der Waals surface area (Å²) < 4.78 is 0. The molecule has 0 radical (unpaired) electrons. The van der Waals surface area contributed by atoms with Gasteiger partial charge in [0, 0.05) is 23.8 Å². The van der Waals surface area contributed by atoms with Crippen molar-refractivity contribution >= 4 is 32.9 Å². The highest BCUT2D eigenvalue weighted by molar-refractivity contribution is 9.09. The summed E-state index contributed by atoms with van der Waals surface area (Å²) in [5.74, 6) is -0.0897. The summed E-state index contributed by atoms with van der Waals surface area (Å²) >= 11 is 3.39. The average Bonchev–Trinajstić information content (AvgIpc) is 2.44. The Balaban J connectivity index is 2.17. The molecule has 1 heterocycles.